The van der Waals surface area contributed by atoms with Crippen molar-refractivity contribution in [3.63, 3.8) is 0 Å². The zero-order chi connectivity index (χ0) is 20.4. The minimum absolute atomic E-state index is 0. The molecule has 1 saturated heterocycles. The molecule has 3 aromatic rings. The number of imidazole rings is 1. The maximum absolute atomic E-state index is 12.8. The third-order valence-corrected chi connectivity index (χ3v) is 6.08. The fourth-order valence-electron chi connectivity index (χ4n) is 3.12. The van der Waals surface area contributed by atoms with Gasteiger partial charge in [0.15, 0.2) is 11.5 Å². The van der Waals surface area contributed by atoms with Gasteiger partial charge >= 0.3 is 34.7 Å². The van der Waals surface area contributed by atoms with Gasteiger partial charge in [0.1, 0.15) is 5.75 Å². The summed E-state index contributed by atoms with van der Waals surface area (Å²) in [5.41, 5.74) is 3.30. The van der Waals surface area contributed by atoms with Gasteiger partial charge in [-0.15, -0.1) is 0 Å². The van der Waals surface area contributed by atoms with Crippen molar-refractivity contribution in [3.05, 3.63) is 47.8 Å². The summed E-state index contributed by atoms with van der Waals surface area (Å²) >= 11 is -1.33. The molecule has 9 heteroatoms. The van der Waals surface area contributed by atoms with Crippen LogP contribution in [0.2, 0.25) is 0 Å². The molecule has 0 aliphatic carbocycles. The van der Waals surface area contributed by atoms with Gasteiger partial charge in [0.05, 0.1) is 36.5 Å². The normalized spacial score (nSPS) is 17.5. The first kappa shape index (κ1) is 23.5. The van der Waals surface area contributed by atoms with Crippen molar-refractivity contribution < 1.29 is 18.8 Å². The van der Waals surface area contributed by atoms with Crippen molar-refractivity contribution in [1.29, 1.82) is 0 Å². The van der Waals surface area contributed by atoms with Crippen LogP contribution in [0.3, 0.4) is 0 Å². The van der Waals surface area contributed by atoms with Crippen LogP contribution in [0.5, 0.6) is 5.75 Å². The van der Waals surface area contributed by atoms with E-state index in [4.69, 9.17) is 14.2 Å². The molecule has 4 rings (SSSR count). The molecule has 156 valence electrons. The Morgan fingerprint density at radius 1 is 1.23 bits per heavy atom. The second-order valence-corrected chi connectivity index (χ2v) is 9.00. The van der Waals surface area contributed by atoms with Gasteiger partial charge in [0.25, 0.3) is 0 Å². The number of ether oxygens (including phenoxy) is 3. The number of aromatic nitrogens is 3. The Morgan fingerprint density at radius 3 is 2.70 bits per heavy atom. The minimum atomic E-state index is -1.33. The Balaban J connectivity index is 0.00000256. The molecule has 1 aliphatic rings. The van der Waals surface area contributed by atoms with E-state index in [0.717, 1.165) is 28.0 Å². The standard InChI is InChI=1S/C21H25N3O4S.Na.H/c1-14-18(13-29(25)20-23-16-6-4-5-7-17(16)24-20)22-9-8-19(14)26-10-15-11-27-21(2,3)28-12-15;;/h4-9,15H,10-13H2,1-3H3,(H,23,24);;. The Hall–Kier alpha value is -1.13. The summed E-state index contributed by atoms with van der Waals surface area (Å²) < 4.78 is 30.2. The summed E-state index contributed by atoms with van der Waals surface area (Å²) in [6.45, 7) is 7.44. The van der Waals surface area contributed by atoms with Gasteiger partial charge in [0.2, 0.25) is 0 Å². The van der Waals surface area contributed by atoms with E-state index >= 15 is 0 Å². The van der Waals surface area contributed by atoms with Crippen LogP contribution in [0.4, 0.5) is 0 Å². The van der Waals surface area contributed by atoms with E-state index in [-0.39, 0.29) is 41.2 Å². The Bertz CT molecular complexity index is 954. The second-order valence-electron chi connectivity index (χ2n) is 7.63. The number of nitrogens with zero attached hydrogens (tertiary/aromatic N) is 2. The van der Waals surface area contributed by atoms with Crippen molar-refractivity contribution >= 4 is 51.8 Å². The molecule has 0 radical (unpaired) electrons. The van der Waals surface area contributed by atoms with E-state index < -0.39 is 17.0 Å². The van der Waals surface area contributed by atoms with E-state index in [1.54, 1.807) is 6.20 Å². The molecular weight excluding hydrogens is 413 g/mol. The number of rotatable bonds is 6. The Kier molecular flexibility index (Phi) is 7.84. The summed E-state index contributed by atoms with van der Waals surface area (Å²) in [6, 6.07) is 9.47. The van der Waals surface area contributed by atoms with Crippen molar-refractivity contribution in [2.24, 2.45) is 5.92 Å². The quantitative estimate of drug-likeness (QED) is 0.469. The monoisotopic (exact) mass is 439 g/mol. The first-order valence-corrected chi connectivity index (χ1v) is 10.9. The molecule has 0 spiro atoms. The van der Waals surface area contributed by atoms with Crippen molar-refractivity contribution in [2.75, 3.05) is 19.8 Å². The molecular formula is C21H26N3NaO4S. The molecule has 0 saturated carbocycles. The molecule has 1 N–H and O–H groups in total. The number of hydrogen-bond acceptors (Lipinski definition) is 6. The molecule has 7 nitrogen and oxygen atoms in total. The third kappa shape index (κ3) is 5.56. The maximum atomic E-state index is 12.8. The first-order valence-electron chi connectivity index (χ1n) is 9.59. The van der Waals surface area contributed by atoms with Crippen LogP contribution >= 0.6 is 0 Å². The third-order valence-electron chi connectivity index (χ3n) is 4.92. The number of pyridine rings is 1. The van der Waals surface area contributed by atoms with Crippen LogP contribution < -0.4 is 4.74 Å². The Labute approximate surface area is 201 Å². The van der Waals surface area contributed by atoms with E-state index in [1.165, 1.54) is 0 Å². The fraction of sp³-hybridized carbons (Fsp3) is 0.429. The van der Waals surface area contributed by atoms with Gasteiger partial charge in [-0.25, -0.2) is 0 Å². The average Bonchev–Trinajstić information content (AvgIpc) is 3.14. The molecule has 3 heterocycles. The van der Waals surface area contributed by atoms with Crippen LogP contribution in [0.25, 0.3) is 11.0 Å². The van der Waals surface area contributed by atoms with Gasteiger partial charge in [0, 0.05) is 28.9 Å². The molecule has 1 atom stereocenters. The number of nitrogens with one attached hydrogen (secondary N) is 1. The van der Waals surface area contributed by atoms with Gasteiger partial charge < -0.3 is 18.8 Å². The topological polar surface area (TPSA) is 92.3 Å². The van der Waals surface area contributed by atoms with E-state index in [0.29, 0.717) is 25.0 Å². The van der Waals surface area contributed by atoms with E-state index in [1.807, 2.05) is 51.1 Å². The number of fused-ring (bicyclic) bond motifs is 1. The summed E-state index contributed by atoms with van der Waals surface area (Å²) in [5, 5.41) is 0.456. The average molecular weight is 440 g/mol. The predicted molar refractivity (Wildman–Crippen MR) is 117 cm³/mol. The fourth-order valence-corrected chi connectivity index (χ4v) is 4.22. The van der Waals surface area contributed by atoms with Crippen LogP contribution in [0, 0.1) is 12.8 Å². The van der Waals surface area contributed by atoms with Gasteiger partial charge in [-0.05, 0) is 39.0 Å². The molecule has 30 heavy (non-hydrogen) atoms. The number of aromatic amines is 1. The van der Waals surface area contributed by atoms with E-state index in [2.05, 4.69) is 15.0 Å². The molecule has 1 aliphatic heterocycles. The molecule has 1 aromatic carbocycles. The van der Waals surface area contributed by atoms with Crippen LogP contribution in [-0.2, 0) is 26.4 Å². The zero-order valence-corrected chi connectivity index (χ0v) is 17.6. The summed E-state index contributed by atoms with van der Waals surface area (Å²) in [6.07, 6.45) is 1.69. The summed E-state index contributed by atoms with van der Waals surface area (Å²) in [7, 11) is 0. The van der Waals surface area contributed by atoms with Crippen LogP contribution in [0.15, 0.2) is 41.7 Å². The van der Waals surface area contributed by atoms with Crippen molar-refractivity contribution in [2.45, 2.75) is 37.5 Å². The van der Waals surface area contributed by atoms with Crippen LogP contribution in [-0.4, -0.2) is 74.7 Å². The molecule has 0 amide bonds. The zero-order valence-electron chi connectivity index (χ0n) is 16.8. The number of H-pyrrole nitrogens is 1. The number of para-hydroxylation sites is 2. The summed E-state index contributed by atoms with van der Waals surface area (Å²) in [4.78, 5) is 12.0. The van der Waals surface area contributed by atoms with Crippen molar-refractivity contribution in [3.8, 4) is 5.75 Å². The van der Waals surface area contributed by atoms with Gasteiger partial charge in [-0.1, -0.05) is 12.1 Å². The molecule has 2 aromatic heterocycles. The van der Waals surface area contributed by atoms with Gasteiger partial charge in [-0.3, -0.25) is 9.97 Å². The molecule has 1 unspecified atom stereocenters. The van der Waals surface area contributed by atoms with E-state index in [9.17, 15) is 4.55 Å². The summed E-state index contributed by atoms with van der Waals surface area (Å²) in [5.74, 6) is 0.647. The number of benzene rings is 1. The SMILES string of the molecule is Cc1c(OCC2COC(C)(C)OC2)ccnc1C[S+]([O-])c1nc2ccccc2[nH]1.[NaH]. The van der Waals surface area contributed by atoms with Gasteiger partial charge in [-0.2, -0.15) is 4.98 Å². The van der Waals surface area contributed by atoms with Crippen LogP contribution in [0.1, 0.15) is 25.1 Å². The second kappa shape index (κ2) is 9.99. The predicted octanol–water partition coefficient (Wildman–Crippen LogP) is 2.70. The Morgan fingerprint density at radius 2 is 1.97 bits per heavy atom. The van der Waals surface area contributed by atoms with Crippen molar-refractivity contribution in [1.82, 2.24) is 15.0 Å². The first-order chi connectivity index (χ1) is 13.9. The number of hydrogen-bond donors (Lipinski definition) is 1. The molecule has 0 bridgehead atoms. The molecule has 1 fully saturated rings.